The van der Waals surface area contributed by atoms with Gasteiger partial charge in [0.25, 0.3) is 0 Å². The lowest BCUT2D eigenvalue weighted by atomic mass is 10.2. The molecule has 1 aliphatic heterocycles. The maximum atomic E-state index is 11.0. The number of sulfone groups is 1. The Kier molecular flexibility index (Phi) is 3.05. The summed E-state index contributed by atoms with van der Waals surface area (Å²) in [5.41, 5.74) is 0. The minimum atomic E-state index is -3.04. The van der Waals surface area contributed by atoms with Crippen molar-refractivity contribution in [2.75, 3.05) is 24.7 Å². The Morgan fingerprint density at radius 2 is 2.08 bits per heavy atom. The predicted molar refractivity (Wildman–Crippen MR) is 42.3 cm³/mol. The molecule has 0 aromatic heterocycles. The molecule has 5 nitrogen and oxygen atoms in total. The molecule has 0 bridgehead atoms. The Morgan fingerprint density at radius 1 is 1.42 bits per heavy atom. The van der Waals surface area contributed by atoms with E-state index in [9.17, 15) is 13.5 Å². The first-order valence-corrected chi connectivity index (χ1v) is 5.70. The number of nitrogens with two attached hydrogens (primary N) is 1. The smallest absolute Gasteiger partial charge is 0.159 e. The second kappa shape index (κ2) is 3.69. The number of hydrogen-bond acceptors (Lipinski definition) is 4. The summed E-state index contributed by atoms with van der Waals surface area (Å²) in [6.07, 6.45) is -0.776. The first-order chi connectivity index (χ1) is 5.55. The van der Waals surface area contributed by atoms with Gasteiger partial charge in [-0.1, -0.05) is 0 Å². The van der Waals surface area contributed by atoms with Crippen molar-refractivity contribution < 1.29 is 23.9 Å². The summed E-state index contributed by atoms with van der Waals surface area (Å²) in [6.45, 7) is 0.445. The van der Waals surface area contributed by atoms with E-state index in [1.54, 1.807) is 5.32 Å². The van der Waals surface area contributed by atoms with E-state index < -0.39 is 15.9 Å². The fraction of sp³-hybridized carbons (Fsp3) is 1.00. The van der Waals surface area contributed by atoms with Gasteiger partial charge in [0, 0.05) is 0 Å². The minimum Gasteiger partial charge on any atom is -0.391 e. The first kappa shape index (κ1) is 9.91. The van der Waals surface area contributed by atoms with Crippen molar-refractivity contribution in [1.82, 2.24) is 0 Å². The van der Waals surface area contributed by atoms with Crippen molar-refractivity contribution in [2.45, 2.75) is 12.1 Å². The highest BCUT2D eigenvalue weighted by atomic mass is 32.2. The molecule has 0 unspecified atom stereocenters. The van der Waals surface area contributed by atoms with Crippen LogP contribution in [0.4, 0.5) is 0 Å². The number of aliphatic hydroxyl groups is 2. The molecule has 4 N–H and O–H groups in total. The minimum absolute atomic E-state index is 0.00324. The van der Waals surface area contributed by atoms with E-state index in [1.807, 2.05) is 0 Å². The van der Waals surface area contributed by atoms with Gasteiger partial charge in [0.15, 0.2) is 9.84 Å². The summed E-state index contributed by atoms with van der Waals surface area (Å²) in [5, 5.41) is 19.4. The quantitative estimate of drug-likeness (QED) is 0.441. The Hall–Kier alpha value is -0.170. The summed E-state index contributed by atoms with van der Waals surface area (Å²) in [4.78, 5) is 0. The van der Waals surface area contributed by atoms with Gasteiger partial charge in [-0.2, -0.15) is 0 Å². The van der Waals surface area contributed by atoms with Gasteiger partial charge in [0.05, 0.1) is 18.9 Å². The van der Waals surface area contributed by atoms with Crippen LogP contribution in [-0.4, -0.2) is 55.4 Å². The van der Waals surface area contributed by atoms with Crippen molar-refractivity contribution in [3.8, 4) is 0 Å². The molecule has 1 fully saturated rings. The molecule has 0 radical (unpaired) electrons. The van der Waals surface area contributed by atoms with Gasteiger partial charge in [-0.05, 0) is 0 Å². The summed E-state index contributed by atoms with van der Waals surface area (Å²) in [6, 6.07) is -0.290. The van der Waals surface area contributed by atoms with Crippen LogP contribution in [0.5, 0.6) is 0 Å². The van der Waals surface area contributed by atoms with Gasteiger partial charge in [-0.15, -0.1) is 0 Å². The highest BCUT2D eigenvalue weighted by Gasteiger charge is 2.38. The van der Waals surface area contributed by atoms with Crippen LogP contribution in [0.15, 0.2) is 0 Å². The predicted octanol–water partition coefficient (Wildman–Crippen LogP) is -3.30. The SMILES string of the molecule is O=S1(=O)C[C@@H](O)[C@@H]([NH2+]CCO)C1. The van der Waals surface area contributed by atoms with Crippen molar-refractivity contribution >= 4 is 9.84 Å². The number of quaternary nitrogens is 1. The Bertz CT molecular complexity index is 238. The fourth-order valence-electron chi connectivity index (χ4n) is 1.37. The molecule has 1 saturated heterocycles. The second-order valence-corrected chi connectivity index (χ2v) is 5.21. The van der Waals surface area contributed by atoms with Crippen LogP contribution in [0.3, 0.4) is 0 Å². The third-order valence-corrected chi connectivity index (χ3v) is 3.71. The summed E-state index contributed by atoms with van der Waals surface area (Å²) in [7, 11) is -3.04. The number of aliphatic hydroxyl groups excluding tert-OH is 2. The third-order valence-electron chi connectivity index (χ3n) is 1.96. The molecule has 0 aliphatic carbocycles. The fourth-order valence-corrected chi connectivity index (χ4v) is 3.22. The molecule has 72 valence electrons. The molecule has 2 atom stereocenters. The zero-order valence-corrected chi connectivity index (χ0v) is 7.50. The van der Waals surface area contributed by atoms with E-state index >= 15 is 0 Å². The lowest BCUT2D eigenvalue weighted by Crippen LogP contribution is -2.93. The van der Waals surface area contributed by atoms with Crippen molar-refractivity contribution in [2.24, 2.45) is 0 Å². The molecule has 6 heteroatoms. The molecule has 12 heavy (non-hydrogen) atoms. The van der Waals surface area contributed by atoms with Crippen molar-refractivity contribution in [3.63, 3.8) is 0 Å². The van der Waals surface area contributed by atoms with Gasteiger partial charge >= 0.3 is 0 Å². The normalized spacial score (nSPS) is 33.8. The van der Waals surface area contributed by atoms with Crippen LogP contribution >= 0.6 is 0 Å². The van der Waals surface area contributed by atoms with E-state index in [1.165, 1.54) is 0 Å². The maximum absolute atomic E-state index is 11.0. The molecule has 0 amide bonds. The monoisotopic (exact) mass is 196 g/mol. The van der Waals surface area contributed by atoms with Crippen LogP contribution in [0, 0.1) is 0 Å². The molecule has 0 spiro atoms. The van der Waals surface area contributed by atoms with Crippen LogP contribution in [0.1, 0.15) is 0 Å². The summed E-state index contributed by atoms with van der Waals surface area (Å²) in [5.74, 6) is -0.117. The highest BCUT2D eigenvalue weighted by Crippen LogP contribution is 2.08. The Balaban J connectivity index is 2.47. The van der Waals surface area contributed by atoms with Crippen LogP contribution in [-0.2, 0) is 9.84 Å². The first-order valence-electron chi connectivity index (χ1n) is 3.88. The van der Waals surface area contributed by atoms with Gasteiger partial charge in [-0.3, -0.25) is 0 Å². The van der Waals surface area contributed by atoms with Crippen LogP contribution in [0.2, 0.25) is 0 Å². The second-order valence-electron chi connectivity index (χ2n) is 3.06. The van der Waals surface area contributed by atoms with Gasteiger partial charge in [0.2, 0.25) is 0 Å². The van der Waals surface area contributed by atoms with E-state index in [0.29, 0.717) is 6.54 Å². The van der Waals surface area contributed by atoms with Crippen LogP contribution in [0.25, 0.3) is 0 Å². The maximum Gasteiger partial charge on any atom is 0.159 e. The molecule has 0 aromatic rings. The Morgan fingerprint density at radius 3 is 2.50 bits per heavy atom. The molecular formula is C6H14NO4S+. The molecule has 1 rings (SSSR count). The van der Waals surface area contributed by atoms with Gasteiger partial charge in [-0.25, -0.2) is 8.42 Å². The zero-order valence-electron chi connectivity index (χ0n) is 6.68. The lowest BCUT2D eigenvalue weighted by molar-refractivity contribution is -0.691. The van der Waals surface area contributed by atoms with Gasteiger partial charge < -0.3 is 15.5 Å². The molecule has 1 heterocycles. The average molecular weight is 196 g/mol. The largest absolute Gasteiger partial charge is 0.391 e. The zero-order chi connectivity index (χ0) is 9.19. The van der Waals surface area contributed by atoms with Crippen LogP contribution < -0.4 is 5.32 Å². The number of rotatable bonds is 3. The molecular weight excluding hydrogens is 182 g/mol. The third kappa shape index (κ3) is 2.41. The Labute approximate surface area is 71.3 Å². The standard InChI is InChI=1S/C6H13NO4S/c8-2-1-7-5-3-12(10,11)4-6(5)9/h5-9H,1-4H2/p+1/t5-,6+/m0/s1. The highest BCUT2D eigenvalue weighted by molar-refractivity contribution is 7.91. The van der Waals surface area contributed by atoms with E-state index in [2.05, 4.69) is 0 Å². The van der Waals surface area contributed by atoms with E-state index in [-0.39, 0.29) is 24.2 Å². The summed E-state index contributed by atoms with van der Waals surface area (Å²) < 4.78 is 21.9. The molecule has 0 aromatic carbocycles. The topological polar surface area (TPSA) is 91.2 Å². The van der Waals surface area contributed by atoms with E-state index in [4.69, 9.17) is 5.11 Å². The average Bonchev–Trinajstić information content (AvgIpc) is 2.20. The van der Waals surface area contributed by atoms with Gasteiger partial charge in [0.1, 0.15) is 17.9 Å². The molecule has 1 aliphatic rings. The van der Waals surface area contributed by atoms with Crippen molar-refractivity contribution in [3.05, 3.63) is 0 Å². The van der Waals surface area contributed by atoms with Crippen molar-refractivity contribution in [1.29, 1.82) is 0 Å². The molecule has 0 saturated carbocycles. The number of hydrogen-bond donors (Lipinski definition) is 3. The summed E-state index contributed by atoms with van der Waals surface area (Å²) >= 11 is 0. The lowest BCUT2D eigenvalue weighted by Gasteiger charge is -2.09. The van der Waals surface area contributed by atoms with E-state index in [0.717, 1.165) is 0 Å².